The van der Waals surface area contributed by atoms with Crippen molar-refractivity contribution in [2.75, 3.05) is 0 Å². The Balaban J connectivity index is 2.14. The van der Waals surface area contributed by atoms with Gasteiger partial charge in [0.2, 0.25) is 5.75 Å². The molecule has 3 rings (SSSR count). The van der Waals surface area contributed by atoms with Gasteiger partial charge in [-0.2, -0.15) is 14.0 Å². The van der Waals surface area contributed by atoms with Crippen molar-refractivity contribution in [2.45, 2.75) is 25.8 Å². The van der Waals surface area contributed by atoms with E-state index in [1.54, 1.807) is 6.07 Å². The summed E-state index contributed by atoms with van der Waals surface area (Å²) in [5.74, 6) is -5.93. The Hall–Kier alpha value is -4.01. The van der Waals surface area contributed by atoms with Gasteiger partial charge < -0.3 is 9.72 Å². The van der Waals surface area contributed by atoms with Gasteiger partial charge in [-0.1, -0.05) is 0 Å². The van der Waals surface area contributed by atoms with Crippen molar-refractivity contribution >= 4 is 0 Å². The maximum absolute atomic E-state index is 14.1. The minimum absolute atomic E-state index is 0.206. The molecule has 32 heavy (non-hydrogen) atoms. The number of ether oxygens (including phenoxy) is 1. The molecule has 0 aliphatic rings. The number of pyridine rings is 1. The van der Waals surface area contributed by atoms with Crippen LogP contribution in [0.2, 0.25) is 0 Å². The predicted molar refractivity (Wildman–Crippen MR) is 100 cm³/mol. The van der Waals surface area contributed by atoms with Crippen LogP contribution in [-0.2, 0) is 12.5 Å². The lowest BCUT2D eigenvalue weighted by atomic mass is 10.1. The van der Waals surface area contributed by atoms with Crippen LogP contribution in [0.3, 0.4) is 0 Å². The summed E-state index contributed by atoms with van der Waals surface area (Å²) in [6.45, 7) is -0.0923. The number of nitrogens with zero attached hydrogens (tertiary/aromatic N) is 3. The van der Waals surface area contributed by atoms with Gasteiger partial charge in [-0.3, -0.25) is 14.2 Å². The highest BCUT2D eigenvalue weighted by molar-refractivity contribution is 5.44. The number of nitrogens with one attached hydrogen (secondary N) is 1. The fraction of sp³-hybridized carbons (Fsp3) is 0.200. The van der Waals surface area contributed by atoms with Crippen molar-refractivity contribution < 1.29 is 26.7 Å². The molecule has 0 amide bonds. The third kappa shape index (κ3) is 4.83. The molecule has 0 saturated carbocycles. The monoisotopic (exact) mass is 452 g/mol. The maximum Gasteiger partial charge on any atom is 0.297 e. The molecule has 1 N–H and O–H groups in total. The molecule has 0 spiro atoms. The fourth-order valence-corrected chi connectivity index (χ4v) is 2.78. The van der Waals surface area contributed by atoms with E-state index in [1.165, 1.54) is 0 Å². The first-order valence-corrected chi connectivity index (χ1v) is 8.85. The molecule has 0 radical (unpaired) electrons. The largest absolute Gasteiger partial charge is 0.449 e. The lowest BCUT2D eigenvalue weighted by Crippen LogP contribution is -2.28. The number of hydrogen-bond donors (Lipinski definition) is 1. The molecule has 2 aromatic heterocycles. The summed E-state index contributed by atoms with van der Waals surface area (Å²) < 4.78 is 73.7. The van der Waals surface area contributed by atoms with E-state index < -0.39 is 58.6 Å². The number of rotatable bonds is 6. The Kier molecular flexibility index (Phi) is 6.11. The normalized spacial score (nSPS) is 11.4. The molecule has 1 aromatic carbocycles. The van der Waals surface area contributed by atoms with E-state index in [0.717, 1.165) is 41.4 Å². The Bertz CT molecular complexity index is 1320. The molecule has 2 heterocycles. The molecule has 0 aliphatic carbocycles. The minimum atomic E-state index is -3.66. The summed E-state index contributed by atoms with van der Waals surface area (Å²) in [4.78, 5) is 30.3. The number of halogens is 5. The fourth-order valence-electron chi connectivity index (χ4n) is 2.78. The van der Waals surface area contributed by atoms with Crippen molar-refractivity contribution in [3.05, 3.63) is 85.7 Å². The van der Waals surface area contributed by atoms with Crippen LogP contribution in [0, 0.1) is 17.1 Å². The Morgan fingerprint density at radius 2 is 1.97 bits per heavy atom. The van der Waals surface area contributed by atoms with Crippen LogP contribution in [-0.4, -0.2) is 14.5 Å². The van der Waals surface area contributed by atoms with Crippen molar-refractivity contribution in [3.63, 3.8) is 0 Å². The van der Waals surface area contributed by atoms with Crippen LogP contribution in [0.4, 0.5) is 22.0 Å². The first kappa shape index (κ1) is 22.7. The van der Waals surface area contributed by atoms with E-state index in [9.17, 15) is 31.5 Å². The summed E-state index contributed by atoms with van der Waals surface area (Å²) in [5.41, 5.74) is -4.08. The van der Waals surface area contributed by atoms with Gasteiger partial charge in [-0.15, -0.1) is 0 Å². The van der Waals surface area contributed by atoms with Crippen LogP contribution in [0.15, 0.2) is 46.4 Å². The van der Waals surface area contributed by atoms with Gasteiger partial charge in [0.25, 0.3) is 23.5 Å². The van der Waals surface area contributed by atoms with Crippen LogP contribution in [0.5, 0.6) is 11.5 Å². The van der Waals surface area contributed by atoms with Crippen molar-refractivity contribution in [1.29, 1.82) is 5.26 Å². The Morgan fingerprint density at radius 1 is 1.25 bits per heavy atom. The zero-order valence-electron chi connectivity index (χ0n) is 16.2. The summed E-state index contributed by atoms with van der Waals surface area (Å²) in [5, 5.41) is 9.02. The standard InChI is InChI=1S/C20H13F5N4O3/c1-20(24,25)16-15(32-14-3-10(6-26)2-11(5-14)17(22)23)19(31)29(9-28-16)8-12-4-13(21)7-27-18(12)30/h2-5,7,9,17H,8H2,1H3,(H,27,30). The van der Waals surface area contributed by atoms with E-state index in [2.05, 4.69) is 9.97 Å². The van der Waals surface area contributed by atoms with Gasteiger partial charge in [-0.25, -0.2) is 18.2 Å². The molecule has 0 bridgehead atoms. The Labute approximate surface area is 176 Å². The van der Waals surface area contributed by atoms with Gasteiger partial charge in [0, 0.05) is 24.2 Å². The van der Waals surface area contributed by atoms with Gasteiger partial charge in [0.1, 0.15) is 11.6 Å². The van der Waals surface area contributed by atoms with E-state index in [0.29, 0.717) is 6.92 Å². The van der Waals surface area contributed by atoms with Crippen LogP contribution in [0.25, 0.3) is 0 Å². The van der Waals surface area contributed by atoms with E-state index in [1.807, 2.05) is 0 Å². The van der Waals surface area contributed by atoms with Crippen molar-refractivity contribution in [2.24, 2.45) is 0 Å². The van der Waals surface area contributed by atoms with E-state index in [-0.39, 0.29) is 11.1 Å². The number of nitriles is 1. The second-order valence-electron chi connectivity index (χ2n) is 6.72. The molecule has 3 aromatic rings. The highest BCUT2D eigenvalue weighted by atomic mass is 19.3. The Morgan fingerprint density at radius 3 is 2.59 bits per heavy atom. The first-order valence-electron chi connectivity index (χ1n) is 8.85. The summed E-state index contributed by atoms with van der Waals surface area (Å²) >= 11 is 0. The predicted octanol–water partition coefficient (Wildman–Crippen LogP) is 3.83. The van der Waals surface area contributed by atoms with Crippen molar-refractivity contribution in [1.82, 2.24) is 14.5 Å². The van der Waals surface area contributed by atoms with Crippen molar-refractivity contribution in [3.8, 4) is 17.6 Å². The quantitative estimate of drug-likeness (QED) is 0.573. The number of benzene rings is 1. The molecule has 7 nitrogen and oxygen atoms in total. The molecule has 0 aliphatic heterocycles. The summed E-state index contributed by atoms with van der Waals surface area (Å²) in [6, 6.07) is 5.13. The number of H-pyrrole nitrogens is 1. The SMILES string of the molecule is CC(F)(F)c1ncn(Cc2cc(F)c[nH]c2=O)c(=O)c1Oc1cc(C#N)cc(C(F)F)c1. The molecule has 12 heteroatoms. The molecule has 0 atom stereocenters. The average Bonchev–Trinajstić information content (AvgIpc) is 2.72. The highest BCUT2D eigenvalue weighted by Gasteiger charge is 2.33. The summed E-state index contributed by atoms with van der Waals surface area (Å²) in [6.07, 6.45) is -1.48. The molecule has 0 unspecified atom stereocenters. The van der Waals surface area contributed by atoms with Crippen LogP contribution < -0.4 is 15.9 Å². The molecule has 0 saturated heterocycles. The minimum Gasteiger partial charge on any atom is -0.449 e. The molecular weight excluding hydrogens is 439 g/mol. The van der Waals surface area contributed by atoms with Gasteiger partial charge in [0.05, 0.1) is 24.5 Å². The van der Waals surface area contributed by atoms with E-state index in [4.69, 9.17) is 10.00 Å². The van der Waals surface area contributed by atoms with Crippen LogP contribution >= 0.6 is 0 Å². The second-order valence-corrected chi connectivity index (χ2v) is 6.72. The summed E-state index contributed by atoms with van der Waals surface area (Å²) in [7, 11) is 0. The van der Waals surface area contributed by atoms with E-state index >= 15 is 0 Å². The number of aromatic nitrogens is 3. The first-order chi connectivity index (χ1) is 15.0. The number of aromatic amines is 1. The van der Waals surface area contributed by atoms with Gasteiger partial charge in [0.15, 0.2) is 5.69 Å². The molecule has 0 fully saturated rings. The van der Waals surface area contributed by atoms with Gasteiger partial charge in [-0.05, 0) is 24.3 Å². The second kappa shape index (κ2) is 8.62. The third-order valence-corrected chi connectivity index (χ3v) is 4.23. The van der Waals surface area contributed by atoms with Crippen LogP contribution in [0.1, 0.15) is 35.7 Å². The number of alkyl halides is 4. The highest BCUT2D eigenvalue weighted by Crippen LogP contribution is 2.34. The zero-order valence-corrected chi connectivity index (χ0v) is 16.2. The smallest absolute Gasteiger partial charge is 0.297 e. The lowest BCUT2D eigenvalue weighted by molar-refractivity contribution is 0.0101. The maximum atomic E-state index is 14.1. The average molecular weight is 452 g/mol. The lowest BCUT2D eigenvalue weighted by Gasteiger charge is -2.17. The zero-order chi connectivity index (χ0) is 23.6. The third-order valence-electron chi connectivity index (χ3n) is 4.23. The molecular formula is C20H13F5N4O3. The topological polar surface area (TPSA) is 101 Å². The number of hydrogen-bond acceptors (Lipinski definition) is 5. The van der Waals surface area contributed by atoms with Gasteiger partial charge >= 0.3 is 0 Å². The molecule has 166 valence electrons.